The number of benzene rings is 1. The second-order valence-electron chi connectivity index (χ2n) is 14.8. The molecule has 0 aliphatic rings. The molecule has 0 aliphatic carbocycles. The number of halogens is 2. The molecule has 1 aromatic carbocycles. The number of alkyl halides is 2. The first kappa shape index (κ1) is 48.2. The van der Waals surface area contributed by atoms with Crippen LogP contribution in [-0.2, 0) is 42.9 Å². The number of nitrogens with zero attached hydrogens (tertiary/aromatic N) is 1. The molecule has 3 atom stereocenters. The van der Waals surface area contributed by atoms with Gasteiger partial charge in [-0.25, -0.2) is 14.3 Å². The van der Waals surface area contributed by atoms with E-state index in [1.54, 1.807) is 6.92 Å². The average Bonchev–Trinajstić information content (AvgIpc) is 3.09. The number of aliphatic imine (C=N–C) groups is 1. The van der Waals surface area contributed by atoms with Crippen molar-refractivity contribution in [3.8, 4) is 11.5 Å². The highest BCUT2D eigenvalue weighted by Gasteiger charge is 2.53. The molecular weight excluding hydrogens is 734 g/mol. The molecule has 17 nitrogen and oxygen atoms in total. The number of aromatic hydroxyl groups is 1. The van der Waals surface area contributed by atoms with Crippen molar-refractivity contribution in [2.24, 2.45) is 38.1 Å². The van der Waals surface area contributed by atoms with Crippen LogP contribution in [0.15, 0.2) is 23.2 Å². The topological polar surface area (TPSA) is 258 Å². The van der Waals surface area contributed by atoms with Crippen LogP contribution in [0.5, 0.6) is 11.5 Å². The van der Waals surface area contributed by atoms with Crippen LogP contribution in [-0.4, -0.2) is 105 Å². The quantitative estimate of drug-likeness (QED) is 0.0192. The Balaban J connectivity index is 3.44. The van der Waals surface area contributed by atoms with Gasteiger partial charge in [-0.05, 0) is 72.4 Å². The highest BCUT2D eigenvalue weighted by atomic mass is 19.3. The standard InChI is InChI=1S/C36H56F2N4O13/c1-9-33(4,28(46)55-22-36(7,37)38)20-35(6,30(48)54-15-14-50-8)21-34(5,29(47)52-13-12-41-31(39)40)19-32(2,3)27(45)53-17-16-51-23-10-11-24(25(43)18-23)26(44)42-49/h10-11,18,43,49H,9,12-17,19-22H2,1-8H3,(H,42,44)(H4,39,40,41). The Morgan fingerprint density at radius 2 is 1.29 bits per heavy atom. The first-order valence-corrected chi connectivity index (χ1v) is 17.4. The van der Waals surface area contributed by atoms with Crippen molar-refractivity contribution in [2.45, 2.75) is 80.1 Å². The van der Waals surface area contributed by atoms with Crippen molar-refractivity contribution in [3.63, 3.8) is 0 Å². The number of rotatable bonds is 24. The molecule has 0 spiro atoms. The summed E-state index contributed by atoms with van der Waals surface area (Å²) in [6.45, 7) is 7.47. The van der Waals surface area contributed by atoms with E-state index in [1.165, 1.54) is 59.3 Å². The van der Waals surface area contributed by atoms with Gasteiger partial charge in [-0.15, -0.1) is 0 Å². The monoisotopic (exact) mass is 790 g/mol. The number of hydrogen-bond donors (Lipinski definition) is 5. The Labute approximate surface area is 319 Å². The van der Waals surface area contributed by atoms with Gasteiger partial charge in [-0.1, -0.05) is 6.92 Å². The molecule has 0 saturated heterocycles. The van der Waals surface area contributed by atoms with E-state index in [0.717, 1.165) is 6.07 Å². The number of esters is 4. The molecule has 55 heavy (non-hydrogen) atoms. The first-order chi connectivity index (χ1) is 25.4. The molecule has 312 valence electrons. The molecule has 3 unspecified atom stereocenters. The van der Waals surface area contributed by atoms with Gasteiger partial charge in [-0.2, -0.15) is 0 Å². The van der Waals surface area contributed by atoms with Crippen molar-refractivity contribution in [1.82, 2.24) is 5.48 Å². The van der Waals surface area contributed by atoms with Crippen LogP contribution in [0.25, 0.3) is 0 Å². The molecule has 0 fully saturated rings. The Morgan fingerprint density at radius 3 is 1.82 bits per heavy atom. The van der Waals surface area contributed by atoms with Crippen molar-refractivity contribution < 1.29 is 71.5 Å². The van der Waals surface area contributed by atoms with Gasteiger partial charge in [0.2, 0.25) is 0 Å². The lowest BCUT2D eigenvalue weighted by atomic mass is 9.61. The van der Waals surface area contributed by atoms with Gasteiger partial charge in [0.15, 0.2) is 12.6 Å². The number of guanidine groups is 1. The maximum absolute atomic E-state index is 14.0. The highest BCUT2D eigenvalue weighted by molar-refractivity contribution is 5.96. The molecule has 1 aromatic rings. The number of phenols is 1. The van der Waals surface area contributed by atoms with E-state index in [1.807, 2.05) is 0 Å². The molecule has 0 aliphatic heterocycles. The number of nitrogens with two attached hydrogens (primary N) is 2. The summed E-state index contributed by atoms with van der Waals surface area (Å²) in [4.78, 5) is 70.0. The first-order valence-electron chi connectivity index (χ1n) is 17.4. The number of hydrogen-bond acceptors (Lipinski definition) is 14. The van der Waals surface area contributed by atoms with E-state index in [4.69, 9.17) is 45.1 Å². The number of phenolic OH excluding ortho intramolecular Hbond substituents is 1. The van der Waals surface area contributed by atoms with Crippen LogP contribution in [0.1, 0.15) is 84.5 Å². The lowest BCUT2D eigenvalue weighted by Crippen LogP contribution is -2.47. The van der Waals surface area contributed by atoms with Crippen molar-refractivity contribution in [1.29, 1.82) is 0 Å². The summed E-state index contributed by atoms with van der Waals surface area (Å²) in [5.41, 5.74) is 5.70. The Kier molecular flexibility index (Phi) is 18.2. The number of carbonyl (C=O) groups excluding carboxylic acids is 5. The van der Waals surface area contributed by atoms with Gasteiger partial charge in [0.1, 0.15) is 37.9 Å². The van der Waals surface area contributed by atoms with Crippen LogP contribution in [0, 0.1) is 21.7 Å². The van der Waals surface area contributed by atoms with Crippen LogP contribution >= 0.6 is 0 Å². The summed E-state index contributed by atoms with van der Waals surface area (Å²) < 4.78 is 59.3. The minimum absolute atomic E-state index is 0.0283. The van der Waals surface area contributed by atoms with Crippen molar-refractivity contribution in [3.05, 3.63) is 23.8 Å². The van der Waals surface area contributed by atoms with Crippen molar-refractivity contribution in [2.75, 3.05) is 53.3 Å². The number of ether oxygens (including phenoxy) is 6. The van der Waals surface area contributed by atoms with E-state index in [9.17, 15) is 37.9 Å². The summed E-state index contributed by atoms with van der Waals surface area (Å²) in [7, 11) is 1.40. The molecule has 1 amide bonds. The number of amides is 1. The second kappa shape index (κ2) is 20.8. The molecule has 0 saturated carbocycles. The van der Waals surface area contributed by atoms with Gasteiger partial charge >= 0.3 is 23.9 Å². The number of carbonyl (C=O) groups is 5. The van der Waals surface area contributed by atoms with Crippen LogP contribution in [0.3, 0.4) is 0 Å². The number of hydroxylamine groups is 1. The predicted molar refractivity (Wildman–Crippen MR) is 192 cm³/mol. The Hall–Kier alpha value is -4.78. The Morgan fingerprint density at radius 1 is 0.764 bits per heavy atom. The summed E-state index contributed by atoms with van der Waals surface area (Å²) in [5.74, 6) is -8.26. The molecule has 0 heterocycles. The molecule has 0 radical (unpaired) electrons. The third-order valence-corrected chi connectivity index (χ3v) is 8.70. The van der Waals surface area contributed by atoms with Gasteiger partial charge in [0.25, 0.3) is 11.8 Å². The Bertz CT molecular complexity index is 1520. The number of nitrogens with one attached hydrogen (secondary N) is 1. The fourth-order valence-electron chi connectivity index (χ4n) is 6.11. The molecule has 7 N–H and O–H groups in total. The highest BCUT2D eigenvalue weighted by Crippen LogP contribution is 2.49. The lowest BCUT2D eigenvalue weighted by molar-refractivity contribution is -0.175. The summed E-state index contributed by atoms with van der Waals surface area (Å²) in [5, 5.41) is 18.8. The van der Waals surface area contributed by atoms with Gasteiger partial charge in [-0.3, -0.25) is 34.2 Å². The largest absolute Gasteiger partial charge is 0.507 e. The fourth-order valence-corrected chi connectivity index (χ4v) is 6.11. The maximum Gasteiger partial charge on any atom is 0.312 e. The molecule has 19 heteroatoms. The smallest absolute Gasteiger partial charge is 0.312 e. The average molecular weight is 791 g/mol. The van der Waals surface area contributed by atoms with E-state index < -0.39 is 69.7 Å². The SMILES string of the molecule is CCC(C)(CC(C)(CC(C)(CC(C)(C)C(=O)OCCOc1ccc(C(=O)NO)c(O)c1)C(=O)OCCN=C(N)N)C(=O)OCCOC)C(=O)OCC(C)(F)F. The molecule has 1 rings (SSSR count). The second-order valence-corrected chi connectivity index (χ2v) is 14.8. The zero-order valence-electron chi connectivity index (χ0n) is 32.8. The van der Waals surface area contributed by atoms with Gasteiger partial charge in [0, 0.05) is 20.1 Å². The maximum atomic E-state index is 14.0. The van der Waals surface area contributed by atoms with E-state index >= 15 is 0 Å². The van der Waals surface area contributed by atoms with E-state index in [0.29, 0.717) is 6.92 Å². The summed E-state index contributed by atoms with van der Waals surface area (Å²) in [6, 6.07) is 3.68. The van der Waals surface area contributed by atoms with E-state index in [2.05, 4.69) is 4.99 Å². The lowest BCUT2D eigenvalue weighted by Gasteiger charge is -2.42. The molecule has 0 bridgehead atoms. The van der Waals surface area contributed by atoms with E-state index in [-0.39, 0.29) is 82.5 Å². The zero-order chi connectivity index (χ0) is 42.3. The van der Waals surface area contributed by atoms with Crippen LogP contribution in [0.4, 0.5) is 8.78 Å². The fraction of sp³-hybridized carbons (Fsp3) is 0.667. The molecular formula is C36H56F2N4O13. The normalized spacial score (nSPS) is 14.9. The summed E-state index contributed by atoms with van der Waals surface area (Å²) in [6.07, 6.45) is -0.868. The third-order valence-electron chi connectivity index (χ3n) is 8.70. The predicted octanol–water partition coefficient (Wildman–Crippen LogP) is 3.26. The molecule has 0 aromatic heterocycles. The minimum atomic E-state index is -3.31. The van der Waals surface area contributed by atoms with Crippen LogP contribution < -0.4 is 21.7 Å². The summed E-state index contributed by atoms with van der Waals surface area (Å²) >= 11 is 0. The van der Waals surface area contributed by atoms with Gasteiger partial charge < -0.3 is 45.0 Å². The zero-order valence-corrected chi connectivity index (χ0v) is 32.8. The number of methoxy groups -OCH3 is 1. The third kappa shape index (κ3) is 15.5. The minimum Gasteiger partial charge on any atom is -0.507 e. The van der Waals surface area contributed by atoms with Gasteiger partial charge in [0.05, 0.1) is 40.4 Å². The van der Waals surface area contributed by atoms with Crippen LogP contribution in [0.2, 0.25) is 0 Å². The van der Waals surface area contributed by atoms with Crippen molar-refractivity contribution >= 4 is 35.7 Å².